The molecule has 0 aliphatic carbocycles. The van der Waals surface area contributed by atoms with Gasteiger partial charge in [0, 0.05) is 30.4 Å². The standard InChI is InChI=1S/C21H26O8/c1-10(2)18(23)28-16-8-14-12(4)19(24)27-15(14)7-11(3)21(25)9-17(26-13(5)22)20(16,6)29-21/h7,14-17,25H,1,4,8-9H2,2-3,5-6H3/b11-7+/t14-,15-,16+,17-,20+,21+/m1/s1. The third-order valence-electron chi connectivity index (χ3n) is 5.88. The molecule has 0 aromatic carbocycles. The first kappa shape index (κ1) is 21.3. The Morgan fingerprint density at radius 3 is 2.52 bits per heavy atom. The second kappa shape index (κ2) is 7.11. The number of ether oxygens (including phenoxy) is 4. The molecule has 8 nitrogen and oxygen atoms in total. The Morgan fingerprint density at radius 1 is 1.28 bits per heavy atom. The average Bonchev–Trinajstić information content (AvgIpc) is 3.02. The largest absolute Gasteiger partial charge is 0.459 e. The summed E-state index contributed by atoms with van der Waals surface area (Å²) in [4.78, 5) is 36.1. The fourth-order valence-corrected chi connectivity index (χ4v) is 4.09. The van der Waals surface area contributed by atoms with Gasteiger partial charge in [-0.05, 0) is 38.8 Å². The Kier molecular flexibility index (Phi) is 5.21. The number of rotatable bonds is 3. The first-order valence-corrected chi connectivity index (χ1v) is 9.42. The lowest BCUT2D eigenvalue weighted by atomic mass is 9.80. The van der Waals surface area contributed by atoms with Crippen LogP contribution in [0, 0.1) is 5.92 Å². The Morgan fingerprint density at radius 2 is 1.93 bits per heavy atom. The molecule has 0 spiro atoms. The highest BCUT2D eigenvalue weighted by Crippen LogP contribution is 2.49. The van der Waals surface area contributed by atoms with E-state index in [-0.39, 0.29) is 24.0 Å². The molecule has 2 bridgehead atoms. The molecule has 3 rings (SSSR count). The number of aliphatic hydroxyl groups is 1. The topological polar surface area (TPSA) is 108 Å². The minimum absolute atomic E-state index is 0.0567. The van der Waals surface area contributed by atoms with Gasteiger partial charge in [0.1, 0.15) is 23.9 Å². The first-order valence-electron chi connectivity index (χ1n) is 9.42. The SMILES string of the molecule is C=C(C)C(=O)O[C@H]1C[C@@H]2C(=C)C(=O)O[C@@H]2/C=C(\C)[C@]2(O)C[C@@H](OC(C)=O)[C@@]1(C)O2. The summed E-state index contributed by atoms with van der Waals surface area (Å²) in [6, 6.07) is 0. The Bertz CT molecular complexity index is 827. The van der Waals surface area contributed by atoms with Gasteiger partial charge in [-0.2, -0.15) is 0 Å². The van der Waals surface area contributed by atoms with Gasteiger partial charge < -0.3 is 24.1 Å². The molecule has 0 radical (unpaired) electrons. The van der Waals surface area contributed by atoms with E-state index >= 15 is 0 Å². The van der Waals surface area contributed by atoms with Gasteiger partial charge in [-0.15, -0.1) is 0 Å². The van der Waals surface area contributed by atoms with Crippen molar-refractivity contribution in [2.75, 3.05) is 0 Å². The van der Waals surface area contributed by atoms with Crippen LogP contribution in [-0.4, -0.2) is 52.7 Å². The molecule has 0 aromatic heterocycles. The zero-order valence-corrected chi connectivity index (χ0v) is 17.0. The molecule has 0 saturated carbocycles. The number of esters is 3. The highest BCUT2D eigenvalue weighted by molar-refractivity contribution is 5.91. The molecule has 6 atom stereocenters. The minimum Gasteiger partial charge on any atom is -0.459 e. The smallest absolute Gasteiger partial charge is 0.334 e. The summed E-state index contributed by atoms with van der Waals surface area (Å²) in [5.41, 5.74) is -0.550. The van der Waals surface area contributed by atoms with Crippen LogP contribution in [0.4, 0.5) is 0 Å². The summed E-state index contributed by atoms with van der Waals surface area (Å²) in [6.07, 6.45) is -0.854. The molecule has 3 aliphatic rings. The van der Waals surface area contributed by atoms with Gasteiger partial charge in [0.2, 0.25) is 0 Å². The Labute approximate surface area is 169 Å². The third kappa shape index (κ3) is 3.62. The van der Waals surface area contributed by atoms with Gasteiger partial charge in [0.15, 0.2) is 5.79 Å². The number of fused-ring (bicyclic) bond motifs is 3. The normalized spacial score (nSPS) is 40.5. The number of hydrogen-bond acceptors (Lipinski definition) is 8. The van der Waals surface area contributed by atoms with Crippen molar-refractivity contribution < 1.29 is 38.4 Å². The van der Waals surface area contributed by atoms with E-state index in [4.69, 9.17) is 18.9 Å². The molecule has 0 amide bonds. The van der Waals surface area contributed by atoms with Gasteiger partial charge in [-0.3, -0.25) is 4.79 Å². The number of carbonyl (C=O) groups excluding carboxylic acids is 3. The first-order chi connectivity index (χ1) is 13.4. The predicted octanol–water partition coefficient (Wildman–Crippen LogP) is 1.72. The Hall–Kier alpha value is -2.45. The summed E-state index contributed by atoms with van der Waals surface area (Å²) >= 11 is 0. The monoisotopic (exact) mass is 406 g/mol. The van der Waals surface area contributed by atoms with Crippen LogP contribution in [0.2, 0.25) is 0 Å². The highest BCUT2D eigenvalue weighted by atomic mass is 16.7. The summed E-state index contributed by atoms with van der Waals surface area (Å²) in [5, 5.41) is 11.2. The highest BCUT2D eigenvalue weighted by Gasteiger charge is 2.62. The molecule has 0 aromatic rings. The van der Waals surface area contributed by atoms with Crippen LogP contribution in [0.3, 0.4) is 0 Å². The molecule has 3 aliphatic heterocycles. The van der Waals surface area contributed by atoms with E-state index in [1.807, 2.05) is 0 Å². The fraction of sp³-hybridized carbons (Fsp3) is 0.571. The maximum Gasteiger partial charge on any atom is 0.334 e. The second-order valence-electron chi connectivity index (χ2n) is 8.13. The minimum atomic E-state index is -1.78. The zero-order chi connectivity index (χ0) is 21.7. The van der Waals surface area contributed by atoms with Crippen molar-refractivity contribution in [3.63, 3.8) is 0 Å². The molecule has 2 fully saturated rings. The average molecular weight is 406 g/mol. The molecular weight excluding hydrogens is 380 g/mol. The lowest BCUT2D eigenvalue weighted by Gasteiger charge is -2.38. The molecule has 0 unspecified atom stereocenters. The van der Waals surface area contributed by atoms with Crippen LogP contribution in [0.25, 0.3) is 0 Å². The number of carbonyl (C=O) groups is 3. The van der Waals surface area contributed by atoms with Crippen molar-refractivity contribution in [1.82, 2.24) is 0 Å². The summed E-state index contributed by atoms with van der Waals surface area (Å²) < 4.78 is 22.5. The zero-order valence-electron chi connectivity index (χ0n) is 17.0. The van der Waals surface area contributed by atoms with E-state index < -0.39 is 53.5 Å². The van der Waals surface area contributed by atoms with Crippen molar-refractivity contribution >= 4 is 17.9 Å². The van der Waals surface area contributed by atoms with Gasteiger partial charge in [0.05, 0.1) is 0 Å². The van der Waals surface area contributed by atoms with E-state index in [0.717, 1.165) is 0 Å². The van der Waals surface area contributed by atoms with Crippen LogP contribution in [0.15, 0.2) is 36.0 Å². The number of hydrogen-bond donors (Lipinski definition) is 1. The molecule has 2 saturated heterocycles. The predicted molar refractivity (Wildman–Crippen MR) is 100 cm³/mol. The second-order valence-corrected chi connectivity index (χ2v) is 8.13. The van der Waals surface area contributed by atoms with Crippen molar-refractivity contribution in [2.45, 2.75) is 70.2 Å². The van der Waals surface area contributed by atoms with Gasteiger partial charge in [0.25, 0.3) is 0 Å². The van der Waals surface area contributed by atoms with Crippen LogP contribution in [-0.2, 0) is 33.3 Å². The van der Waals surface area contributed by atoms with Gasteiger partial charge in [-0.1, -0.05) is 13.2 Å². The molecule has 158 valence electrons. The molecule has 3 heterocycles. The van der Waals surface area contributed by atoms with E-state index in [2.05, 4.69) is 13.2 Å². The summed E-state index contributed by atoms with van der Waals surface area (Å²) in [6.45, 7) is 13.4. The molecule has 8 heteroatoms. The van der Waals surface area contributed by atoms with Gasteiger partial charge >= 0.3 is 17.9 Å². The summed E-state index contributed by atoms with van der Waals surface area (Å²) in [5.74, 6) is -4.04. The summed E-state index contributed by atoms with van der Waals surface area (Å²) in [7, 11) is 0. The maximum absolute atomic E-state index is 12.3. The molecule has 29 heavy (non-hydrogen) atoms. The lowest BCUT2D eigenvalue weighted by molar-refractivity contribution is -0.236. The van der Waals surface area contributed by atoms with Gasteiger partial charge in [-0.25, -0.2) is 9.59 Å². The van der Waals surface area contributed by atoms with Crippen LogP contribution in [0.5, 0.6) is 0 Å². The van der Waals surface area contributed by atoms with E-state index in [1.54, 1.807) is 19.9 Å². The van der Waals surface area contributed by atoms with Crippen molar-refractivity contribution in [3.8, 4) is 0 Å². The quantitative estimate of drug-likeness (QED) is 0.327. The third-order valence-corrected chi connectivity index (χ3v) is 5.88. The van der Waals surface area contributed by atoms with Crippen molar-refractivity contribution in [2.24, 2.45) is 5.92 Å². The van der Waals surface area contributed by atoms with E-state index in [9.17, 15) is 19.5 Å². The Balaban J connectivity index is 2.11. The van der Waals surface area contributed by atoms with E-state index in [1.165, 1.54) is 13.8 Å². The van der Waals surface area contributed by atoms with Crippen LogP contribution in [0.1, 0.15) is 40.5 Å². The van der Waals surface area contributed by atoms with Crippen LogP contribution >= 0.6 is 0 Å². The fourth-order valence-electron chi connectivity index (χ4n) is 4.09. The van der Waals surface area contributed by atoms with Crippen molar-refractivity contribution in [3.05, 3.63) is 36.0 Å². The van der Waals surface area contributed by atoms with Crippen molar-refractivity contribution in [1.29, 1.82) is 0 Å². The molecular formula is C21H26O8. The van der Waals surface area contributed by atoms with E-state index in [0.29, 0.717) is 5.57 Å². The maximum atomic E-state index is 12.3. The lowest BCUT2D eigenvalue weighted by Crippen LogP contribution is -2.52. The van der Waals surface area contributed by atoms with Crippen LogP contribution < -0.4 is 0 Å². The molecule has 1 N–H and O–H groups in total.